The van der Waals surface area contributed by atoms with E-state index in [4.69, 9.17) is 0 Å². The van der Waals surface area contributed by atoms with E-state index in [1.54, 1.807) is 12.4 Å². The molecular weight excluding hydrogens is 409 g/mol. The molecule has 5 heterocycles. The lowest BCUT2D eigenvalue weighted by Crippen LogP contribution is -1.88. The third-order valence-electron chi connectivity index (χ3n) is 5.52. The summed E-state index contributed by atoms with van der Waals surface area (Å²) in [6.07, 6.45) is 5.41. The van der Waals surface area contributed by atoms with Gasteiger partial charge in [0.05, 0.1) is 23.1 Å². The summed E-state index contributed by atoms with van der Waals surface area (Å²) < 4.78 is 13.6. The predicted molar refractivity (Wildman–Crippen MR) is 122 cm³/mol. The normalized spacial score (nSPS) is 11.5. The smallest absolute Gasteiger partial charge is 0.176 e. The summed E-state index contributed by atoms with van der Waals surface area (Å²) in [6, 6.07) is 15.4. The summed E-state index contributed by atoms with van der Waals surface area (Å²) in [7, 11) is 0. The minimum atomic E-state index is -0.188. The third-order valence-corrected chi connectivity index (χ3v) is 6.43. The van der Waals surface area contributed by atoms with Crippen LogP contribution in [0.2, 0.25) is 0 Å². The van der Waals surface area contributed by atoms with E-state index in [0.717, 1.165) is 71.8 Å². The summed E-state index contributed by atoms with van der Waals surface area (Å²) >= 11 is 1.15. The van der Waals surface area contributed by atoms with Crippen LogP contribution in [-0.4, -0.2) is 25.1 Å². The van der Waals surface area contributed by atoms with Crippen LogP contribution >= 0.6 is 11.3 Å². The van der Waals surface area contributed by atoms with Crippen LogP contribution in [0, 0.1) is 12.1 Å². The predicted octanol–water partition coefficient (Wildman–Crippen LogP) is 6.34. The van der Waals surface area contributed by atoms with Gasteiger partial charge in [-0.25, -0.2) is 0 Å². The van der Waals surface area contributed by atoms with Gasteiger partial charge in [0.2, 0.25) is 0 Å². The lowest BCUT2D eigenvalue weighted by atomic mass is 10.1. The van der Waals surface area contributed by atoms with Crippen molar-refractivity contribution in [3.63, 3.8) is 0 Å². The molecule has 6 aromatic rings. The van der Waals surface area contributed by atoms with Gasteiger partial charge in [-0.1, -0.05) is 12.1 Å². The van der Waals surface area contributed by atoms with Gasteiger partial charge in [0, 0.05) is 44.7 Å². The van der Waals surface area contributed by atoms with E-state index in [0.29, 0.717) is 0 Å². The Bertz CT molecular complexity index is 1580. The van der Waals surface area contributed by atoms with Gasteiger partial charge >= 0.3 is 0 Å². The van der Waals surface area contributed by atoms with E-state index in [9.17, 15) is 4.39 Å². The number of H-pyrrole nitrogens is 2. The van der Waals surface area contributed by atoms with Crippen molar-refractivity contribution in [1.82, 2.24) is 25.1 Å². The number of pyridine rings is 2. The molecule has 0 amide bonds. The van der Waals surface area contributed by atoms with Crippen molar-refractivity contribution in [3.05, 3.63) is 77.8 Å². The molecule has 6 rings (SSSR count). The van der Waals surface area contributed by atoms with Crippen molar-refractivity contribution >= 4 is 33.1 Å². The lowest BCUT2D eigenvalue weighted by molar-refractivity contribution is 0.657. The first-order valence-corrected chi connectivity index (χ1v) is 10.6. The molecule has 0 saturated carbocycles. The first kappa shape index (κ1) is 18.0. The fourth-order valence-corrected chi connectivity index (χ4v) is 4.73. The largest absolute Gasteiger partial charge is 0.353 e. The quantitative estimate of drug-likeness (QED) is 0.347. The molecule has 0 aliphatic rings. The standard InChI is InChI=1S/C24H16FN5S/c1-13-7-8-26-11-17(13)19-10-16-21(12-27-19)29-30-24(16)20-9-15-14(3-2-4-18(15)28-20)22-5-6-23(25)31-22/h2-12,28H,1H3,(H,29,30). The van der Waals surface area contributed by atoms with Gasteiger partial charge in [0.15, 0.2) is 5.13 Å². The maximum Gasteiger partial charge on any atom is 0.176 e. The van der Waals surface area contributed by atoms with Gasteiger partial charge < -0.3 is 4.98 Å². The second-order valence-corrected chi connectivity index (χ2v) is 8.47. The molecule has 2 N–H and O–H groups in total. The zero-order chi connectivity index (χ0) is 20.9. The number of nitrogens with one attached hydrogen (secondary N) is 2. The Morgan fingerprint density at radius 1 is 0.935 bits per heavy atom. The molecule has 1 aromatic carbocycles. The second-order valence-electron chi connectivity index (χ2n) is 7.43. The van der Waals surface area contributed by atoms with E-state index in [-0.39, 0.29) is 5.13 Å². The van der Waals surface area contributed by atoms with Gasteiger partial charge in [0.25, 0.3) is 0 Å². The van der Waals surface area contributed by atoms with Crippen molar-refractivity contribution in [1.29, 1.82) is 0 Å². The number of aromatic nitrogens is 5. The maximum absolute atomic E-state index is 13.6. The highest BCUT2D eigenvalue weighted by molar-refractivity contribution is 7.14. The average molecular weight is 425 g/mol. The van der Waals surface area contributed by atoms with Crippen LogP contribution in [-0.2, 0) is 0 Å². The molecule has 5 nitrogen and oxygen atoms in total. The summed E-state index contributed by atoms with van der Waals surface area (Å²) in [4.78, 5) is 13.2. The summed E-state index contributed by atoms with van der Waals surface area (Å²) in [6.45, 7) is 2.05. The fraction of sp³-hybridized carbons (Fsp3) is 0.0417. The molecule has 0 fully saturated rings. The molecular formula is C24H16FN5S. The number of benzene rings is 1. The van der Waals surface area contributed by atoms with Crippen molar-refractivity contribution in [2.75, 3.05) is 0 Å². The Morgan fingerprint density at radius 2 is 1.87 bits per heavy atom. The zero-order valence-corrected chi connectivity index (χ0v) is 17.3. The number of hydrogen-bond donors (Lipinski definition) is 2. The van der Waals surface area contributed by atoms with Crippen molar-refractivity contribution in [2.45, 2.75) is 6.92 Å². The van der Waals surface area contributed by atoms with Gasteiger partial charge in [-0.05, 0) is 48.9 Å². The molecule has 0 spiro atoms. The minimum absolute atomic E-state index is 0.188. The van der Waals surface area contributed by atoms with Crippen molar-refractivity contribution in [2.24, 2.45) is 0 Å². The number of thiophene rings is 1. The van der Waals surface area contributed by atoms with Gasteiger partial charge in [-0.15, -0.1) is 11.3 Å². The molecule has 0 saturated heterocycles. The zero-order valence-electron chi connectivity index (χ0n) is 16.5. The molecule has 150 valence electrons. The number of hydrogen-bond acceptors (Lipinski definition) is 4. The van der Waals surface area contributed by atoms with Crippen LogP contribution in [0.25, 0.3) is 54.9 Å². The fourth-order valence-electron chi connectivity index (χ4n) is 3.96. The van der Waals surface area contributed by atoms with Gasteiger partial charge in [-0.3, -0.25) is 15.1 Å². The monoisotopic (exact) mass is 425 g/mol. The van der Waals surface area contributed by atoms with Crippen molar-refractivity contribution < 1.29 is 4.39 Å². The lowest BCUT2D eigenvalue weighted by Gasteiger charge is -2.04. The third kappa shape index (κ3) is 2.93. The van der Waals surface area contributed by atoms with E-state index in [1.807, 2.05) is 49.5 Å². The van der Waals surface area contributed by atoms with Gasteiger partial charge in [0.1, 0.15) is 5.69 Å². The van der Waals surface area contributed by atoms with Crippen LogP contribution in [0.5, 0.6) is 0 Å². The molecule has 0 radical (unpaired) electrons. The molecule has 0 aliphatic carbocycles. The number of rotatable bonds is 3. The van der Waals surface area contributed by atoms with E-state index < -0.39 is 0 Å². The summed E-state index contributed by atoms with van der Waals surface area (Å²) in [5, 5.41) is 9.46. The Hall–Kier alpha value is -3.84. The molecule has 7 heteroatoms. The second kappa shape index (κ2) is 6.85. The van der Waals surface area contributed by atoms with E-state index in [2.05, 4.69) is 31.2 Å². The highest BCUT2D eigenvalue weighted by Gasteiger charge is 2.16. The topological polar surface area (TPSA) is 70.2 Å². The number of halogens is 1. The number of aryl methyl sites for hydroxylation is 1. The molecule has 31 heavy (non-hydrogen) atoms. The number of fused-ring (bicyclic) bond motifs is 2. The minimum Gasteiger partial charge on any atom is -0.353 e. The Morgan fingerprint density at radius 3 is 2.71 bits per heavy atom. The number of aromatic amines is 2. The Labute approximate surface area is 180 Å². The molecule has 0 unspecified atom stereocenters. The van der Waals surface area contributed by atoms with Crippen molar-refractivity contribution in [3.8, 4) is 33.1 Å². The van der Waals surface area contributed by atoms with Crippen LogP contribution in [0.15, 0.2) is 67.1 Å². The average Bonchev–Trinajstić information content (AvgIpc) is 3.50. The Balaban J connectivity index is 1.52. The summed E-state index contributed by atoms with van der Waals surface area (Å²) in [5.41, 5.74) is 7.52. The first-order chi connectivity index (χ1) is 15.2. The van der Waals surface area contributed by atoms with Crippen LogP contribution in [0.1, 0.15) is 5.56 Å². The SMILES string of the molecule is Cc1ccncc1-c1cc2c(-c3cc4c(-c5ccc(F)s5)cccc4[nH]3)n[nH]c2cn1. The van der Waals surface area contributed by atoms with Crippen LogP contribution in [0.4, 0.5) is 4.39 Å². The molecule has 0 atom stereocenters. The van der Waals surface area contributed by atoms with Crippen LogP contribution in [0.3, 0.4) is 0 Å². The van der Waals surface area contributed by atoms with E-state index >= 15 is 0 Å². The highest BCUT2D eigenvalue weighted by atomic mass is 32.1. The molecule has 0 bridgehead atoms. The first-order valence-electron chi connectivity index (χ1n) is 9.80. The molecule has 5 aromatic heterocycles. The van der Waals surface area contributed by atoms with Gasteiger partial charge in [-0.2, -0.15) is 9.49 Å². The van der Waals surface area contributed by atoms with E-state index in [1.165, 1.54) is 6.07 Å². The molecule has 0 aliphatic heterocycles. The Kier molecular flexibility index (Phi) is 3.97. The summed E-state index contributed by atoms with van der Waals surface area (Å²) in [5.74, 6) is 0. The van der Waals surface area contributed by atoms with Crippen LogP contribution < -0.4 is 0 Å². The highest BCUT2D eigenvalue weighted by Crippen LogP contribution is 2.37. The number of nitrogens with zero attached hydrogens (tertiary/aromatic N) is 3. The maximum atomic E-state index is 13.6.